The highest BCUT2D eigenvalue weighted by molar-refractivity contribution is 7.99. The number of aryl methyl sites for hydroxylation is 1. The van der Waals surface area contributed by atoms with Gasteiger partial charge in [-0.2, -0.15) is 0 Å². The van der Waals surface area contributed by atoms with Gasteiger partial charge in [-0.15, -0.1) is 10.2 Å². The van der Waals surface area contributed by atoms with Gasteiger partial charge in [-0.05, 0) is 18.1 Å². The summed E-state index contributed by atoms with van der Waals surface area (Å²) >= 11 is 1.53. The number of ether oxygens (including phenoxy) is 1. The number of aromatic amines is 1. The lowest BCUT2D eigenvalue weighted by Crippen LogP contribution is -2.37. The fourth-order valence-corrected chi connectivity index (χ4v) is 3.42. The first-order valence-electron chi connectivity index (χ1n) is 8.15. The molecule has 0 bridgehead atoms. The number of hydrogen-bond acceptors (Lipinski definition) is 6. The molecule has 1 aliphatic rings. The Bertz CT molecular complexity index is 729. The number of thioether (sulfide) groups is 1. The quantitative estimate of drug-likeness (QED) is 0.799. The van der Waals surface area contributed by atoms with E-state index in [1.165, 1.54) is 11.8 Å². The molecule has 0 spiro atoms. The van der Waals surface area contributed by atoms with E-state index in [-0.39, 0.29) is 5.56 Å². The molecule has 1 aromatic carbocycles. The fourth-order valence-electron chi connectivity index (χ4n) is 2.61. The summed E-state index contributed by atoms with van der Waals surface area (Å²) in [7, 11) is 0. The van der Waals surface area contributed by atoms with Gasteiger partial charge in [-0.25, -0.2) is 0 Å². The van der Waals surface area contributed by atoms with Crippen LogP contribution in [0.4, 0.5) is 0 Å². The normalized spacial score (nSPS) is 15.5. The minimum Gasteiger partial charge on any atom is -0.379 e. The summed E-state index contributed by atoms with van der Waals surface area (Å²) in [5.41, 5.74) is 2.57. The average molecular weight is 346 g/mol. The topological polar surface area (TPSA) is 71.1 Å². The highest BCUT2D eigenvalue weighted by Gasteiger charge is 2.11. The molecule has 2 aromatic rings. The van der Waals surface area contributed by atoms with Gasteiger partial charge in [0, 0.05) is 31.8 Å². The molecule has 24 heavy (non-hydrogen) atoms. The summed E-state index contributed by atoms with van der Waals surface area (Å²) in [6.45, 7) is 6.54. The maximum absolute atomic E-state index is 12.2. The van der Waals surface area contributed by atoms with Crippen LogP contribution in [0.3, 0.4) is 0 Å². The lowest BCUT2D eigenvalue weighted by Gasteiger charge is -2.26. The first-order valence-corrected chi connectivity index (χ1v) is 9.14. The van der Waals surface area contributed by atoms with E-state index in [0.717, 1.165) is 49.7 Å². The van der Waals surface area contributed by atoms with Crippen LogP contribution in [0.2, 0.25) is 0 Å². The van der Waals surface area contributed by atoms with Crippen molar-refractivity contribution < 1.29 is 4.74 Å². The van der Waals surface area contributed by atoms with E-state index in [0.29, 0.717) is 17.3 Å². The van der Waals surface area contributed by atoms with Crippen molar-refractivity contribution in [2.75, 3.05) is 38.6 Å². The Morgan fingerprint density at radius 3 is 2.79 bits per heavy atom. The summed E-state index contributed by atoms with van der Waals surface area (Å²) in [5.74, 6) is 0.877. The molecule has 3 rings (SSSR count). The molecule has 7 heteroatoms. The van der Waals surface area contributed by atoms with Crippen LogP contribution in [0.5, 0.6) is 0 Å². The van der Waals surface area contributed by atoms with Gasteiger partial charge in [0.05, 0.1) is 13.2 Å². The van der Waals surface area contributed by atoms with E-state index in [4.69, 9.17) is 4.74 Å². The Kier molecular flexibility index (Phi) is 6.01. The fraction of sp³-hybridized carbons (Fsp3) is 0.471. The molecule has 128 valence electrons. The predicted octanol–water partition coefficient (Wildman–Crippen LogP) is 1.49. The lowest BCUT2D eigenvalue weighted by molar-refractivity contribution is 0.0410. The van der Waals surface area contributed by atoms with Crippen LogP contribution in [-0.2, 0) is 11.2 Å². The molecule has 1 aromatic heterocycles. The number of nitrogens with one attached hydrogen (secondary N) is 1. The largest absolute Gasteiger partial charge is 0.379 e. The van der Waals surface area contributed by atoms with Crippen molar-refractivity contribution in [3.63, 3.8) is 0 Å². The van der Waals surface area contributed by atoms with E-state index in [1.54, 1.807) is 0 Å². The number of rotatable bonds is 6. The molecule has 0 unspecified atom stereocenters. The van der Waals surface area contributed by atoms with Gasteiger partial charge in [0.2, 0.25) is 0 Å². The lowest BCUT2D eigenvalue weighted by atomic mass is 10.0. The third-order valence-corrected chi connectivity index (χ3v) is 4.96. The van der Waals surface area contributed by atoms with E-state index in [9.17, 15) is 4.79 Å². The molecular weight excluding hydrogens is 324 g/mol. The van der Waals surface area contributed by atoms with Crippen molar-refractivity contribution in [2.24, 2.45) is 0 Å². The Labute approximate surface area is 145 Å². The van der Waals surface area contributed by atoms with Crippen LogP contribution >= 0.6 is 11.8 Å². The Balaban J connectivity index is 1.56. The van der Waals surface area contributed by atoms with Crippen molar-refractivity contribution in [2.45, 2.75) is 18.5 Å². The molecule has 0 atom stereocenters. The molecule has 1 N–H and O–H groups in total. The summed E-state index contributed by atoms with van der Waals surface area (Å²) in [6, 6.07) is 8.01. The van der Waals surface area contributed by atoms with Crippen LogP contribution in [0, 0.1) is 6.92 Å². The molecular formula is C17H22N4O2S. The molecule has 1 aliphatic heterocycles. The van der Waals surface area contributed by atoms with Crippen LogP contribution in [0.25, 0.3) is 0 Å². The number of morpholine rings is 1. The summed E-state index contributed by atoms with van der Waals surface area (Å²) in [5, 5.41) is 8.88. The number of H-pyrrole nitrogens is 1. The van der Waals surface area contributed by atoms with Gasteiger partial charge >= 0.3 is 0 Å². The number of aromatic nitrogens is 3. The van der Waals surface area contributed by atoms with Gasteiger partial charge in [0.25, 0.3) is 5.56 Å². The zero-order valence-corrected chi connectivity index (χ0v) is 14.6. The van der Waals surface area contributed by atoms with Crippen LogP contribution < -0.4 is 5.56 Å². The third kappa shape index (κ3) is 4.66. The number of nitrogens with zero attached hydrogens (tertiary/aromatic N) is 3. The minimum atomic E-state index is -0.151. The molecule has 6 nitrogen and oxygen atoms in total. The number of hydrogen-bond donors (Lipinski definition) is 1. The smallest absolute Gasteiger partial charge is 0.273 e. The standard InChI is InChI=1S/C17H22N4O2S/c1-13-4-2-3-5-14(13)12-15-16(22)18-17(20-19-15)24-11-8-21-6-9-23-10-7-21/h2-5H,6-12H2,1H3,(H,18,20,22). The minimum absolute atomic E-state index is 0.151. The highest BCUT2D eigenvalue weighted by Crippen LogP contribution is 2.12. The van der Waals surface area contributed by atoms with Gasteiger partial charge in [-0.1, -0.05) is 36.0 Å². The first kappa shape index (κ1) is 17.1. The van der Waals surface area contributed by atoms with E-state index in [1.807, 2.05) is 31.2 Å². The molecule has 2 heterocycles. The summed E-state index contributed by atoms with van der Waals surface area (Å²) in [4.78, 5) is 17.4. The highest BCUT2D eigenvalue weighted by atomic mass is 32.2. The van der Waals surface area contributed by atoms with Crippen LogP contribution in [0.1, 0.15) is 16.8 Å². The molecule has 0 radical (unpaired) electrons. The van der Waals surface area contributed by atoms with Gasteiger partial charge in [0.1, 0.15) is 5.69 Å². The van der Waals surface area contributed by atoms with Gasteiger partial charge in [-0.3, -0.25) is 14.7 Å². The van der Waals surface area contributed by atoms with Crippen LogP contribution in [0.15, 0.2) is 34.2 Å². The van der Waals surface area contributed by atoms with E-state index >= 15 is 0 Å². The zero-order chi connectivity index (χ0) is 16.8. The Morgan fingerprint density at radius 2 is 2.04 bits per heavy atom. The SMILES string of the molecule is Cc1ccccc1Cc1nnc(SCCN2CCOCC2)[nH]c1=O. The van der Waals surface area contributed by atoms with Crippen molar-refractivity contribution in [3.05, 3.63) is 51.4 Å². The maximum atomic E-state index is 12.2. The van der Waals surface area contributed by atoms with Crippen molar-refractivity contribution in [1.29, 1.82) is 0 Å². The van der Waals surface area contributed by atoms with Crippen molar-refractivity contribution in [3.8, 4) is 0 Å². The Morgan fingerprint density at radius 1 is 1.25 bits per heavy atom. The van der Waals surface area contributed by atoms with Crippen LogP contribution in [-0.4, -0.2) is 58.7 Å². The summed E-state index contributed by atoms with van der Waals surface area (Å²) in [6.07, 6.45) is 0.508. The van der Waals surface area contributed by atoms with E-state index in [2.05, 4.69) is 20.1 Å². The third-order valence-electron chi connectivity index (χ3n) is 4.11. The molecule has 1 fully saturated rings. The predicted molar refractivity (Wildman–Crippen MR) is 94.6 cm³/mol. The van der Waals surface area contributed by atoms with Crippen molar-refractivity contribution in [1.82, 2.24) is 20.1 Å². The monoisotopic (exact) mass is 346 g/mol. The zero-order valence-electron chi connectivity index (χ0n) is 13.8. The van der Waals surface area contributed by atoms with Gasteiger partial charge < -0.3 is 4.74 Å². The second kappa shape index (κ2) is 8.41. The molecule has 0 amide bonds. The Hall–Kier alpha value is -1.70. The molecule has 1 saturated heterocycles. The van der Waals surface area contributed by atoms with Gasteiger partial charge in [0.15, 0.2) is 5.16 Å². The van der Waals surface area contributed by atoms with E-state index < -0.39 is 0 Å². The average Bonchev–Trinajstić information content (AvgIpc) is 2.60. The number of benzene rings is 1. The van der Waals surface area contributed by atoms with Crippen molar-refractivity contribution >= 4 is 11.8 Å². The summed E-state index contributed by atoms with van der Waals surface area (Å²) < 4.78 is 5.33. The second-order valence-electron chi connectivity index (χ2n) is 5.81. The maximum Gasteiger partial charge on any atom is 0.273 e. The molecule has 0 saturated carbocycles. The second-order valence-corrected chi connectivity index (χ2v) is 6.90. The first-order chi connectivity index (χ1) is 11.7. The molecule has 0 aliphatic carbocycles.